The van der Waals surface area contributed by atoms with Crippen molar-refractivity contribution in [3.05, 3.63) is 79.1 Å². The van der Waals surface area contributed by atoms with Crippen LogP contribution in [-0.2, 0) is 6.54 Å². The van der Waals surface area contributed by atoms with Crippen molar-refractivity contribution in [1.82, 2.24) is 9.55 Å². The molecule has 2 aromatic carbocycles. The highest BCUT2D eigenvalue weighted by atomic mass is 35.5. The molecule has 0 saturated heterocycles. The molecule has 7 heteroatoms. The van der Waals surface area contributed by atoms with Crippen molar-refractivity contribution in [3.63, 3.8) is 0 Å². The van der Waals surface area contributed by atoms with Crippen molar-refractivity contribution in [2.24, 2.45) is 0 Å². The number of nitrogens with zero attached hydrogens (tertiary/aromatic N) is 2. The average molecular weight is 459 g/mol. The van der Waals surface area contributed by atoms with Gasteiger partial charge in [0, 0.05) is 26.0 Å². The zero-order valence-corrected chi connectivity index (χ0v) is 19.2. The summed E-state index contributed by atoms with van der Waals surface area (Å²) < 4.78 is 7.18. The second kappa shape index (κ2) is 8.42. The van der Waals surface area contributed by atoms with E-state index in [0.717, 1.165) is 26.6 Å². The fourth-order valence-corrected chi connectivity index (χ4v) is 5.15. The molecule has 0 amide bonds. The second-order valence-electron chi connectivity index (χ2n) is 6.92. The van der Waals surface area contributed by atoms with E-state index in [1.807, 2.05) is 45.0 Å². The van der Waals surface area contributed by atoms with Crippen LogP contribution in [0.4, 0.5) is 0 Å². The maximum atomic E-state index is 13.6. The number of fused-ring (bicyclic) bond motifs is 1. The predicted molar refractivity (Wildman–Crippen MR) is 126 cm³/mol. The van der Waals surface area contributed by atoms with Crippen LogP contribution in [0, 0.1) is 13.8 Å². The number of hydrogen-bond donors (Lipinski definition) is 0. The Kier molecular flexibility index (Phi) is 5.87. The third-order valence-electron chi connectivity index (χ3n) is 5.01. The molecule has 0 aliphatic heterocycles. The van der Waals surface area contributed by atoms with E-state index in [-0.39, 0.29) is 12.1 Å². The molecule has 30 heavy (non-hydrogen) atoms. The minimum atomic E-state index is -0.0956. The minimum absolute atomic E-state index is 0.0956. The van der Waals surface area contributed by atoms with Gasteiger partial charge in [-0.25, -0.2) is 4.98 Å². The van der Waals surface area contributed by atoms with Gasteiger partial charge >= 0.3 is 0 Å². The number of aryl methyl sites for hydroxylation is 2. The number of hydrogen-bond acceptors (Lipinski definition) is 4. The van der Waals surface area contributed by atoms with E-state index in [2.05, 4.69) is 0 Å². The summed E-state index contributed by atoms with van der Waals surface area (Å²) >= 11 is 14.2. The second-order valence-corrected chi connectivity index (χ2v) is 8.94. The molecule has 4 nitrogen and oxygen atoms in total. The van der Waals surface area contributed by atoms with Gasteiger partial charge in [-0.3, -0.25) is 9.36 Å². The quantitative estimate of drug-likeness (QED) is 0.342. The maximum absolute atomic E-state index is 13.6. The fourth-order valence-electron chi connectivity index (χ4n) is 3.56. The van der Waals surface area contributed by atoms with Gasteiger partial charge < -0.3 is 4.74 Å². The largest absolute Gasteiger partial charge is 0.494 e. The summed E-state index contributed by atoms with van der Waals surface area (Å²) in [6.45, 7) is 6.67. The SMILES string of the molecule is CCOc1ccc(-c2c(C)sc3nc(C)n(Cc4c(Cl)cccc4Cl)c(=O)c23)cc1. The van der Waals surface area contributed by atoms with Crippen molar-refractivity contribution in [2.75, 3.05) is 6.61 Å². The molecule has 0 bridgehead atoms. The molecule has 0 spiro atoms. The van der Waals surface area contributed by atoms with Crippen LogP contribution in [-0.4, -0.2) is 16.2 Å². The average Bonchev–Trinajstić information content (AvgIpc) is 3.03. The molecular formula is C23H20Cl2N2O2S. The highest BCUT2D eigenvalue weighted by Gasteiger charge is 2.19. The predicted octanol–water partition coefficient (Wildman–Crippen LogP) is 6.50. The van der Waals surface area contributed by atoms with Gasteiger partial charge in [-0.05, 0) is 50.6 Å². The van der Waals surface area contributed by atoms with Crippen LogP contribution in [0.25, 0.3) is 21.3 Å². The standard InChI is InChI=1S/C23H20Cl2N2O2S/c1-4-29-16-10-8-15(9-11-16)20-13(2)30-22-21(20)23(28)27(14(3)26-22)12-17-18(24)6-5-7-19(17)25/h5-11H,4,12H2,1-3H3. The van der Waals surface area contributed by atoms with Crippen LogP contribution >= 0.6 is 34.5 Å². The summed E-state index contributed by atoms with van der Waals surface area (Å²) in [5, 5.41) is 1.68. The molecule has 0 aliphatic rings. The third-order valence-corrected chi connectivity index (χ3v) is 6.72. The smallest absolute Gasteiger partial charge is 0.263 e. The molecule has 0 radical (unpaired) electrons. The topological polar surface area (TPSA) is 44.1 Å². The van der Waals surface area contributed by atoms with Gasteiger partial charge in [0.25, 0.3) is 5.56 Å². The first-order valence-electron chi connectivity index (χ1n) is 9.57. The molecule has 154 valence electrons. The van der Waals surface area contributed by atoms with Crippen molar-refractivity contribution < 1.29 is 4.74 Å². The molecule has 0 saturated carbocycles. The van der Waals surface area contributed by atoms with E-state index in [4.69, 9.17) is 32.9 Å². The number of thiophene rings is 1. The van der Waals surface area contributed by atoms with Crippen LogP contribution in [0.3, 0.4) is 0 Å². The first kappa shape index (κ1) is 20.9. The van der Waals surface area contributed by atoms with Crippen LogP contribution in [0.1, 0.15) is 23.2 Å². The summed E-state index contributed by atoms with van der Waals surface area (Å²) in [4.78, 5) is 20.1. The van der Waals surface area contributed by atoms with Crippen molar-refractivity contribution >= 4 is 44.8 Å². The number of ether oxygens (including phenoxy) is 1. The summed E-state index contributed by atoms with van der Waals surface area (Å²) in [5.74, 6) is 1.43. The number of benzene rings is 2. The molecule has 2 aromatic heterocycles. The first-order chi connectivity index (χ1) is 14.4. The van der Waals surface area contributed by atoms with E-state index in [1.165, 1.54) is 11.3 Å². The lowest BCUT2D eigenvalue weighted by Gasteiger charge is -2.13. The van der Waals surface area contributed by atoms with Crippen LogP contribution in [0.15, 0.2) is 47.3 Å². The van der Waals surface area contributed by atoms with Crippen molar-refractivity contribution in [2.45, 2.75) is 27.3 Å². The third kappa shape index (κ3) is 3.73. The Morgan fingerprint density at radius 2 is 1.73 bits per heavy atom. The van der Waals surface area contributed by atoms with E-state index < -0.39 is 0 Å². The highest BCUT2D eigenvalue weighted by Crippen LogP contribution is 2.36. The lowest BCUT2D eigenvalue weighted by molar-refractivity contribution is 0.340. The lowest BCUT2D eigenvalue weighted by atomic mass is 10.0. The van der Waals surface area contributed by atoms with E-state index in [1.54, 1.807) is 22.8 Å². The Morgan fingerprint density at radius 1 is 1.07 bits per heavy atom. The van der Waals surface area contributed by atoms with Crippen LogP contribution < -0.4 is 10.3 Å². The number of rotatable bonds is 5. The maximum Gasteiger partial charge on any atom is 0.263 e. The summed E-state index contributed by atoms with van der Waals surface area (Å²) in [6, 6.07) is 13.1. The fraction of sp³-hybridized carbons (Fsp3) is 0.217. The zero-order valence-electron chi connectivity index (χ0n) is 16.8. The number of aromatic nitrogens is 2. The Morgan fingerprint density at radius 3 is 2.37 bits per heavy atom. The van der Waals surface area contributed by atoms with Crippen LogP contribution in [0.2, 0.25) is 10.0 Å². The van der Waals surface area contributed by atoms with E-state index in [0.29, 0.717) is 33.4 Å². The minimum Gasteiger partial charge on any atom is -0.494 e. The summed E-state index contributed by atoms with van der Waals surface area (Å²) in [6.07, 6.45) is 0. The Labute approximate surface area is 188 Å². The molecule has 0 aliphatic carbocycles. The molecular weight excluding hydrogens is 439 g/mol. The Balaban J connectivity index is 1.89. The van der Waals surface area contributed by atoms with Gasteiger partial charge in [0.15, 0.2) is 0 Å². The van der Waals surface area contributed by atoms with Crippen molar-refractivity contribution in [1.29, 1.82) is 0 Å². The lowest BCUT2D eigenvalue weighted by Crippen LogP contribution is -2.24. The number of halogens is 2. The molecule has 4 rings (SSSR count). The highest BCUT2D eigenvalue weighted by molar-refractivity contribution is 7.19. The van der Waals surface area contributed by atoms with Gasteiger partial charge in [0.05, 0.1) is 18.5 Å². The van der Waals surface area contributed by atoms with Gasteiger partial charge in [-0.1, -0.05) is 41.4 Å². The first-order valence-corrected chi connectivity index (χ1v) is 11.1. The molecule has 0 atom stereocenters. The van der Waals surface area contributed by atoms with Gasteiger partial charge in [0.1, 0.15) is 16.4 Å². The molecule has 2 heterocycles. The normalized spacial score (nSPS) is 11.2. The molecule has 4 aromatic rings. The van der Waals surface area contributed by atoms with Gasteiger partial charge in [-0.2, -0.15) is 0 Å². The Hall–Kier alpha value is -2.34. The molecule has 0 fully saturated rings. The van der Waals surface area contributed by atoms with Gasteiger partial charge in [-0.15, -0.1) is 11.3 Å². The molecule has 0 N–H and O–H groups in total. The summed E-state index contributed by atoms with van der Waals surface area (Å²) in [5.41, 5.74) is 2.49. The van der Waals surface area contributed by atoms with Gasteiger partial charge in [0.2, 0.25) is 0 Å². The molecule has 0 unspecified atom stereocenters. The summed E-state index contributed by atoms with van der Waals surface area (Å²) in [7, 11) is 0. The monoisotopic (exact) mass is 458 g/mol. The van der Waals surface area contributed by atoms with Crippen LogP contribution in [0.5, 0.6) is 5.75 Å². The Bertz CT molecular complexity index is 1270. The van der Waals surface area contributed by atoms with E-state index >= 15 is 0 Å². The van der Waals surface area contributed by atoms with Crippen molar-refractivity contribution in [3.8, 4) is 16.9 Å². The zero-order chi connectivity index (χ0) is 21.4. The van der Waals surface area contributed by atoms with E-state index in [9.17, 15) is 4.79 Å².